The third kappa shape index (κ3) is 4.57. The summed E-state index contributed by atoms with van der Waals surface area (Å²) in [7, 11) is -3.76. The average molecular weight is 411 g/mol. The summed E-state index contributed by atoms with van der Waals surface area (Å²) in [5.74, 6) is -0.345. The summed E-state index contributed by atoms with van der Waals surface area (Å²) in [5.41, 5.74) is -0.197. The van der Waals surface area contributed by atoms with Crippen molar-refractivity contribution >= 4 is 15.9 Å². The van der Waals surface area contributed by atoms with Gasteiger partial charge in [0.05, 0.1) is 10.5 Å². The van der Waals surface area contributed by atoms with Crippen molar-refractivity contribution in [2.75, 3.05) is 13.1 Å². The number of nitrogens with one attached hydrogen (secondary N) is 1. The molecular weight excluding hydrogens is 379 g/mol. The van der Waals surface area contributed by atoms with Crippen molar-refractivity contribution in [3.05, 3.63) is 29.6 Å². The first-order chi connectivity index (χ1) is 13.2. The Kier molecular flexibility index (Phi) is 6.44. The highest BCUT2D eigenvalue weighted by Crippen LogP contribution is 2.28. The Labute approximate surface area is 167 Å². The number of hydrogen-bond acceptors (Lipinski definition) is 3. The quantitative estimate of drug-likeness (QED) is 0.821. The van der Waals surface area contributed by atoms with E-state index in [2.05, 4.69) is 12.2 Å². The van der Waals surface area contributed by atoms with Crippen LogP contribution in [0.2, 0.25) is 0 Å². The van der Waals surface area contributed by atoms with Gasteiger partial charge in [-0.25, -0.2) is 12.8 Å². The van der Waals surface area contributed by atoms with E-state index < -0.39 is 21.7 Å². The van der Waals surface area contributed by atoms with Gasteiger partial charge in [0.15, 0.2) is 0 Å². The van der Waals surface area contributed by atoms with Crippen LogP contribution in [0.15, 0.2) is 23.1 Å². The standard InChI is InChI=1S/C21H31FN2O3S/c1-14-10-15(2)13-24(12-14)28(26,27)17-8-9-19(22)18(11-17)21(25)23-20-7-5-4-6-16(20)3/h8-9,11,14-16,20H,4-7,10,12-13H2,1-3H3,(H,23,25)/t14-,15+,16-,20+/m1/s1. The summed E-state index contributed by atoms with van der Waals surface area (Å²) in [6.45, 7) is 7.05. The van der Waals surface area contributed by atoms with E-state index in [1.54, 1.807) is 0 Å². The Morgan fingerprint density at radius 2 is 1.75 bits per heavy atom. The molecule has 1 saturated heterocycles. The zero-order valence-corrected chi connectivity index (χ0v) is 17.8. The third-order valence-electron chi connectivity index (χ3n) is 6.08. The predicted octanol–water partition coefficient (Wildman–Crippen LogP) is 3.80. The van der Waals surface area contributed by atoms with Crippen LogP contribution in [0.4, 0.5) is 4.39 Å². The molecule has 0 unspecified atom stereocenters. The maximum absolute atomic E-state index is 14.4. The van der Waals surface area contributed by atoms with Crippen LogP contribution in [0.5, 0.6) is 0 Å². The van der Waals surface area contributed by atoms with Crippen LogP contribution in [0.3, 0.4) is 0 Å². The van der Waals surface area contributed by atoms with E-state index in [4.69, 9.17) is 0 Å². The van der Waals surface area contributed by atoms with Gasteiger partial charge in [0.2, 0.25) is 10.0 Å². The first-order valence-corrected chi connectivity index (χ1v) is 11.7. The molecule has 156 valence electrons. The molecule has 7 heteroatoms. The molecule has 1 N–H and O–H groups in total. The fourth-order valence-electron chi connectivity index (χ4n) is 4.57. The molecule has 1 aliphatic carbocycles. The van der Waals surface area contributed by atoms with Crippen LogP contribution in [-0.2, 0) is 10.0 Å². The van der Waals surface area contributed by atoms with Gasteiger partial charge in [0.1, 0.15) is 5.82 Å². The summed E-state index contributed by atoms with van der Waals surface area (Å²) in [5, 5.41) is 2.91. The fraction of sp³-hybridized carbons (Fsp3) is 0.667. The van der Waals surface area contributed by atoms with Gasteiger partial charge in [-0.2, -0.15) is 4.31 Å². The van der Waals surface area contributed by atoms with Crippen molar-refractivity contribution in [3.63, 3.8) is 0 Å². The lowest BCUT2D eigenvalue weighted by atomic mass is 9.86. The summed E-state index contributed by atoms with van der Waals surface area (Å²) in [6.07, 6.45) is 5.08. The van der Waals surface area contributed by atoms with Crippen LogP contribution in [0.25, 0.3) is 0 Å². The molecule has 0 aromatic heterocycles. The maximum Gasteiger partial charge on any atom is 0.254 e. The number of rotatable bonds is 4. The van der Waals surface area contributed by atoms with E-state index >= 15 is 0 Å². The average Bonchev–Trinajstić information content (AvgIpc) is 2.63. The number of halogens is 1. The lowest BCUT2D eigenvalue weighted by Gasteiger charge is -2.34. The number of piperidine rings is 1. The van der Waals surface area contributed by atoms with Crippen molar-refractivity contribution < 1.29 is 17.6 Å². The van der Waals surface area contributed by atoms with Crippen molar-refractivity contribution in [1.82, 2.24) is 9.62 Å². The summed E-state index contributed by atoms with van der Waals surface area (Å²) >= 11 is 0. The van der Waals surface area contributed by atoms with Crippen LogP contribution < -0.4 is 5.32 Å². The van der Waals surface area contributed by atoms with Crippen LogP contribution in [0.1, 0.15) is 63.2 Å². The van der Waals surface area contributed by atoms with E-state index in [0.717, 1.165) is 38.2 Å². The van der Waals surface area contributed by atoms with Crippen molar-refractivity contribution in [3.8, 4) is 0 Å². The second kappa shape index (κ2) is 8.49. The second-order valence-corrected chi connectivity index (χ2v) is 10.7. The normalized spacial score (nSPS) is 29.4. The van der Waals surface area contributed by atoms with Gasteiger partial charge >= 0.3 is 0 Å². The minimum absolute atomic E-state index is 0.00436. The molecule has 0 radical (unpaired) electrons. The molecule has 4 atom stereocenters. The van der Waals surface area contributed by atoms with Gasteiger partial charge in [-0.3, -0.25) is 4.79 Å². The summed E-state index contributed by atoms with van der Waals surface area (Å²) in [6, 6.07) is 3.54. The monoisotopic (exact) mass is 410 g/mol. The highest BCUT2D eigenvalue weighted by atomic mass is 32.2. The Hall–Kier alpha value is -1.47. The molecule has 2 aliphatic rings. The molecular formula is C21H31FN2O3S. The molecule has 2 fully saturated rings. The first kappa shape index (κ1) is 21.2. The molecule has 28 heavy (non-hydrogen) atoms. The Morgan fingerprint density at radius 3 is 2.39 bits per heavy atom. The van der Waals surface area contributed by atoms with E-state index in [1.807, 2.05) is 13.8 Å². The van der Waals surface area contributed by atoms with Gasteiger partial charge in [-0.1, -0.05) is 33.6 Å². The van der Waals surface area contributed by atoms with Gasteiger partial charge in [0, 0.05) is 19.1 Å². The molecule has 1 heterocycles. The van der Waals surface area contributed by atoms with E-state index in [9.17, 15) is 17.6 Å². The first-order valence-electron chi connectivity index (χ1n) is 10.3. The van der Waals surface area contributed by atoms with Crippen LogP contribution in [0, 0.1) is 23.6 Å². The van der Waals surface area contributed by atoms with Crippen molar-refractivity contribution in [1.29, 1.82) is 0 Å². The number of benzene rings is 1. The van der Waals surface area contributed by atoms with Crippen LogP contribution >= 0.6 is 0 Å². The lowest BCUT2D eigenvalue weighted by molar-refractivity contribution is 0.0906. The number of nitrogens with zero attached hydrogens (tertiary/aromatic N) is 1. The molecule has 3 rings (SSSR count). The third-order valence-corrected chi connectivity index (χ3v) is 7.91. The van der Waals surface area contributed by atoms with E-state index in [1.165, 1.54) is 16.4 Å². The Bertz CT molecular complexity index is 817. The molecule has 1 aromatic carbocycles. The number of carbonyl (C=O) groups excluding carboxylic acids is 1. The maximum atomic E-state index is 14.4. The number of sulfonamides is 1. The van der Waals surface area contributed by atoms with Crippen molar-refractivity contribution in [2.24, 2.45) is 17.8 Å². The van der Waals surface area contributed by atoms with Gasteiger partial charge in [-0.05, 0) is 55.2 Å². The molecule has 1 aliphatic heterocycles. The van der Waals surface area contributed by atoms with E-state index in [-0.39, 0.29) is 28.3 Å². The lowest BCUT2D eigenvalue weighted by Crippen LogP contribution is -2.43. The molecule has 1 aromatic rings. The van der Waals surface area contributed by atoms with E-state index in [0.29, 0.717) is 19.0 Å². The smallest absolute Gasteiger partial charge is 0.254 e. The highest BCUT2D eigenvalue weighted by molar-refractivity contribution is 7.89. The molecule has 5 nitrogen and oxygen atoms in total. The molecule has 0 spiro atoms. The number of amides is 1. The highest BCUT2D eigenvalue weighted by Gasteiger charge is 2.33. The summed E-state index contributed by atoms with van der Waals surface area (Å²) in [4.78, 5) is 12.7. The minimum atomic E-state index is -3.76. The Morgan fingerprint density at radius 1 is 1.11 bits per heavy atom. The minimum Gasteiger partial charge on any atom is -0.349 e. The zero-order valence-electron chi connectivity index (χ0n) is 16.9. The number of carbonyl (C=O) groups is 1. The summed E-state index contributed by atoms with van der Waals surface area (Å²) < 4.78 is 42.0. The topological polar surface area (TPSA) is 66.5 Å². The SMILES string of the molecule is C[C@@H]1C[C@H](C)CN(S(=O)(=O)c2ccc(F)c(C(=O)N[C@H]3CCCC[C@H]3C)c2)C1. The van der Waals surface area contributed by atoms with Crippen molar-refractivity contribution in [2.45, 2.75) is 63.8 Å². The van der Waals surface area contributed by atoms with Gasteiger partial charge in [-0.15, -0.1) is 0 Å². The molecule has 0 bridgehead atoms. The molecule has 1 amide bonds. The fourth-order valence-corrected chi connectivity index (χ4v) is 6.27. The Balaban J connectivity index is 1.83. The van der Waals surface area contributed by atoms with Gasteiger partial charge in [0.25, 0.3) is 5.91 Å². The number of hydrogen-bond donors (Lipinski definition) is 1. The zero-order chi connectivity index (χ0) is 20.5. The largest absolute Gasteiger partial charge is 0.349 e. The molecule has 1 saturated carbocycles. The second-order valence-electron chi connectivity index (χ2n) is 8.75. The van der Waals surface area contributed by atoms with Gasteiger partial charge < -0.3 is 5.32 Å². The predicted molar refractivity (Wildman–Crippen MR) is 107 cm³/mol. The van der Waals surface area contributed by atoms with Crippen LogP contribution in [-0.4, -0.2) is 37.8 Å².